The van der Waals surface area contributed by atoms with E-state index in [0.717, 1.165) is 61.5 Å². The fraction of sp³-hybridized carbons (Fsp3) is 0.500. The molecular weight excluding hydrogens is 372 g/mol. The minimum Gasteiger partial charge on any atom is -0.354 e. The van der Waals surface area contributed by atoms with Crippen molar-refractivity contribution in [1.29, 1.82) is 0 Å². The third-order valence-electron chi connectivity index (χ3n) is 5.72. The zero-order valence-electron chi connectivity index (χ0n) is 16.4. The second kappa shape index (κ2) is 8.48. The molecule has 2 heterocycles. The second-order valence-electron chi connectivity index (χ2n) is 7.72. The third kappa shape index (κ3) is 3.72. The molecule has 148 valence electrons. The number of halogens is 1. The van der Waals surface area contributed by atoms with Crippen molar-refractivity contribution in [2.75, 3.05) is 11.9 Å². The highest BCUT2D eigenvalue weighted by molar-refractivity contribution is 6.31. The molecule has 1 aliphatic carbocycles. The Bertz CT molecular complexity index is 1040. The van der Waals surface area contributed by atoms with E-state index >= 15 is 0 Å². The Balaban J connectivity index is 1.93. The number of benzene rings is 1. The van der Waals surface area contributed by atoms with Crippen molar-refractivity contribution in [3.05, 3.63) is 39.8 Å². The molecule has 6 heteroatoms. The summed E-state index contributed by atoms with van der Waals surface area (Å²) in [5.74, 6) is 0.594. The van der Waals surface area contributed by atoms with Gasteiger partial charge in [-0.05, 0) is 36.8 Å². The Morgan fingerprint density at radius 3 is 2.68 bits per heavy atom. The minimum absolute atomic E-state index is 0.00936. The largest absolute Gasteiger partial charge is 0.354 e. The van der Waals surface area contributed by atoms with Gasteiger partial charge in [-0.25, -0.2) is 4.98 Å². The average molecular weight is 399 g/mol. The van der Waals surface area contributed by atoms with Gasteiger partial charge in [0.25, 0.3) is 5.56 Å². The lowest BCUT2D eigenvalue weighted by molar-refractivity contribution is 0.444. The van der Waals surface area contributed by atoms with Crippen LogP contribution >= 0.6 is 11.6 Å². The lowest BCUT2D eigenvalue weighted by Crippen LogP contribution is -2.26. The number of unbranched alkanes of at least 4 members (excludes halogenated alkanes) is 1. The van der Waals surface area contributed by atoms with Crippen LogP contribution in [0.15, 0.2) is 29.2 Å². The number of hydrogen-bond acceptors (Lipinski definition) is 4. The van der Waals surface area contributed by atoms with Crippen LogP contribution in [0.25, 0.3) is 21.8 Å². The molecule has 0 unspecified atom stereocenters. The van der Waals surface area contributed by atoms with Crippen LogP contribution in [0.5, 0.6) is 0 Å². The maximum absolute atomic E-state index is 13.5. The van der Waals surface area contributed by atoms with E-state index in [9.17, 15) is 4.79 Å². The molecule has 2 aromatic heterocycles. The van der Waals surface area contributed by atoms with Crippen LogP contribution in [0, 0.1) is 0 Å². The van der Waals surface area contributed by atoms with E-state index in [1.807, 2.05) is 22.9 Å². The molecule has 0 atom stereocenters. The van der Waals surface area contributed by atoms with Crippen LogP contribution in [0.2, 0.25) is 5.02 Å². The molecule has 0 spiro atoms. The van der Waals surface area contributed by atoms with Crippen LogP contribution in [0.1, 0.15) is 64.3 Å². The van der Waals surface area contributed by atoms with Gasteiger partial charge in [0.05, 0.1) is 0 Å². The molecule has 0 bridgehead atoms. The Kier molecular flexibility index (Phi) is 5.81. The summed E-state index contributed by atoms with van der Waals surface area (Å²) in [6.07, 6.45) is 10.8. The number of anilines is 1. The predicted molar refractivity (Wildman–Crippen MR) is 116 cm³/mol. The first kappa shape index (κ1) is 19.2. The first-order valence-corrected chi connectivity index (χ1v) is 10.8. The van der Waals surface area contributed by atoms with Gasteiger partial charge in [-0.15, -0.1) is 0 Å². The molecule has 1 N–H and O–H groups in total. The van der Waals surface area contributed by atoms with E-state index in [-0.39, 0.29) is 11.6 Å². The third-order valence-corrected chi connectivity index (χ3v) is 5.96. The Hall–Kier alpha value is -2.14. The zero-order valence-corrected chi connectivity index (χ0v) is 17.1. The van der Waals surface area contributed by atoms with Crippen molar-refractivity contribution in [1.82, 2.24) is 14.5 Å². The molecule has 0 saturated heterocycles. The van der Waals surface area contributed by atoms with Gasteiger partial charge >= 0.3 is 0 Å². The van der Waals surface area contributed by atoms with Crippen LogP contribution in [-0.2, 0) is 0 Å². The molecule has 0 aliphatic heterocycles. The molecule has 1 fully saturated rings. The van der Waals surface area contributed by atoms with E-state index < -0.39 is 0 Å². The normalized spacial score (nSPS) is 15.8. The van der Waals surface area contributed by atoms with E-state index in [1.54, 1.807) is 6.07 Å². The van der Waals surface area contributed by atoms with E-state index in [1.165, 1.54) is 12.8 Å². The van der Waals surface area contributed by atoms with Crippen LogP contribution in [-0.4, -0.2) is 21.1 Å². The standard InChI is InChI=1S/C22H27ClN4O/c1-2-3-12-24-22-25-14-19-17-11-10-15(23)13-18(17)21(28)27(20(19)26-22)16-8-6-4-5-7-9-16/h10-11,13-14,16H,2-9,12H2,1H3,(H,24,25,26). The Labute approximate surface area is 170 Å². The van der Waals surface area contributed by atoms with Gasteiger partial charge in [0.2, 0.25) is 5.95 Å². The van der Waals surface area contributed by atoms with Gasteiger partial charge in [-0.1, -0.05) is 56.7 Å². The minimum atomic E-state index is 0.00936. The Morgan fingerprint density at radius 1 is 1.14 bits per heavy atom. The van der Waals surface area contributed by atoms with Gasteiger partial charge in [-0.2, -0.15) is 4.98 Å². The molecule has 28 heavy (non-hydrogen) atoms. The SMILES string of the molecule is CCCCNc1ncc2c3ccc(Cl)cc3c(=O)n(C3CCCCCC3)c2n1. The quantitative estimate of drug-likeness (QED) is 0.340. The molecule has 1 aliphatic rings. The average Bonchev–Trinajstić information content (AvgIpc) is 2.98. The lowest BCUT2D eigenvalue weighted by atomic mass is 10.1. The molecule has 0 amide bonds. The summed E-state index contributed by atoms with van der Waals surface area (Å²) in [6.45, 7) is 2.99. The van der Waals surface area contributed by atoms with Crippen LogP contribution in [0.3, 0.4) is 0 Å². The summed E-state index contributed by atoms with van der Waals surface area (Å²) in [7, 11) is 0. The van der Waals surface area contributed by atoms with Crippen molar-refractivity contribution in [3.63, 3.8) is 0 Å². The van der Waals surface area contributed by atoms with Gasteiger partial charge < -0.3 is 5.32 Å². The summed E-state index contributed by atoms with van der Waals surface area (Å²) < 4.78 is 1.92. The van der Waals surface area contributed by atoms with Gasteiger partial charge in [0.15, 0.2) is 0 Å². The first-order valence-electron chi connectivity index (χ1n) is 10.4. The molecule has 4 rings (SSSR count). The zero-order chi connectivity index (χ0) is 19.5. The number of pyridine rings is 1. The number of nitrogens with one attached hydrogen (secondary N) is 1. The number of hydrogen-bond donors (Lipinski definition) is 1. The van der Waals surface area contributed by atoms with Crippen molar-refractivity contribution in [2.24, 2.45) is 0 Å². The molecule has 1 saturated carbocycles. The summed E-state index contributed by atoms with van der Waals surface area (Å²) in [5.41, 5.74) is 0.746. The lowest BCUT2D eigenvalue weighted by Gasteiger charge is -2.21. The number of rotatable bonds is 5. The maximum atomic E-state index is 13.5. The van der Waals surface area contributed by atoms with Crippen LogP contribution < -0.4 is 10.9 Å². The molecule has 1 aromatic carbocycles. The molecule has 5 nitrogen and oxygen atoms in total. The van der Waals surface area contributed by atoms with Crippen molar-refractivity contribution >= 4 is 39.4 Å². The van der Waals surface area contributed by atoms with E-state index in [4.69, 9.17) is 16.6 Å². The fourth-order valence-corrected chi connectivity index (χ4v) is 4.39. The highest BCUT2D eigenvalue weighted by Gasteiger charge is 2.21. The van der Waals surface area contributed by atoms with Gasteiger partial charge in [0.1, 0.15) is 5.65 Å². The molecule has 3 aromatic rings. The summed E-state index contributed by atoms with van der Waals surface area (Å²) in [6, 6.07) is 5.69. The summed E-state index contributed by atoms with van der Waals surface area (Å²) in [5, 5.41) is 6.31. The number of nitrogens with zero attached hydrogens (tertiary/aromatic N) is 3. The van der Waals surface area contributed by atoms with Crippen molar-refractivity contribution in [2.45, 2.75) is 64.3 Å². The van der Waals surface area contributed by atoms with Gasteiger partial charge in [0, 0.05) is 34.6 Å². The van der Waals surface area contributed by atoms with Crippen molar-refractivity contribution in [3.8, 4) is 0 Å². The predicted octanol–water partition coefficient (Wildman–Crippen LogP) is 5.71. The number of fused-ring (bicyclic) bond motifs is 3. The highest BCUT2D eigenvalue weighted by atomic mass is 35.5. The van der Waals surface area contributed by atoms with Crippen molar-refractivity contribution < 1.29 is 0 Å². The molecular formula is C22H27ClN4O. The smallest absolute Gasteiger partial charge is 0.260 e. The first-order chi connectivity index (χ1) is 13.7. The Morgan fingerprint density at radius 2 is 1.93 bits per heavy atom. The maximum Gasteiger partial charge on any atom is 0.260 e. The second-order valence-corrected chi connectivity index (χ2v) is 8.16. The summed E-state index contributed by atoms with van der Waals surface area (Å²) >= 11 is 6.21. The van der Waals surface area contributed by atoms with E-state index in [0.29, 0.717) is 16.4 Å². The highest BCUT2D eigenvalue weighted by Crippen LogP contribution is 2.31. The van der Waals surface area contributed by atoms with E-state index in [2.05, 4.69) is 17.2 Å². The summed E-state index contributed by atoms with van der Waals surface area (Å²) in [4.78, 5) is 22.8. The fourth-order valence-electron chi connectivity index (χ4n) is 4.22. The van der Waals surface area contributed by atoms with Gasteiger partial charge in [-0.3, -0.25) is 9.36 Å². The topological polar surface area (TPSA) is 59.8 Å². The molecule has 0 radical (unpaired) electrons. The number of aromatic nitrogens is 3. The van der Waals surface area contributed by atoms with Crippen LogP contribution in [0.4, 0.5) is 5.95 Å². The monoisotopic (exact) mass is 398 g/mol.